The van der Waals surface area contributed by atoms with E-state index in [1.807, 2.05) is 13.8 Å². The molecule has 1 aromatic carbocycles. The Morgan fingerprint density at radius 3 is 2.71 bits per heavy atom. The number of fused-ring (bicyclic) bond motifs is 1. The van der Waals surface area contributed by atoms with E-state index in [-0.39, 0.29) is 5.41 Å². The fraction of sp³-hybridized carbons (Fsp3) is 0.588. The maximum Gasteiger partial charge on any atom is 0.144 e. The van der Waals surface area contributed by atoms with Crippen molar-refractivity contribution in [3.05, 3.63) is 35.4 Å². The Morgan fingerprint density at radius 2 is 2.00 bits per heavy atom. The van der Waals surface area contributed by atoms with E-state index >= 15 is 0 Å². The normalized spacial score (nSPS) is 16.8. The quantitative estimate of drug-likeness (QED) is 0.278. The molecule has 4 heteroatoms. The van der Waals surface area contributed by atoms with Gasteiger partial charge in [0.25, 0.3) is 0 Å². The molecule has 0 aliphatic carbocycles. The zero-order chi connectivity index (χ0) is 15.3. The molecule has 4 nitrogen and oxygen atoms in total. The number of oxime groups is 1. The molecule has 116 valence electrons. The Hall–Kier alpha value is -1.55. The number of hydrogen-bond donors (Lipinski definition) is 2. The van der Waals surface area contributed by atoms with E-state index < -0.39 is 0 Å². The number of nitrogens with zero attached hydrogens (tertiary/aromatic N) is 2. The van der Waals surface area contributed by atoms with Gasteiger partial charge >= 0.3 is 0 Å². The Kier molecular flexibility index (Phi) is 5.23. The van der Waals surface area contributed by atoms with Crippen molar-refractivity contribution in [3.8, 4) is 0 Å². The van der Waals surface area contributed by atoms with E-state index in [1.54, 1.807) is 0 Å². The van der Waals surface area contributed by atoms with Crippen molar-refractivity contribution in [1.82, 2.24) is 4.90 Å². The van der Waals surface area contributed by atoms with Crippen LogP contribution in [0.5, 0.6) is 0 Å². The predicted octanol–water partition coefficient (Wildman–Crippen LogP) is 2.99. The number of unbranched alkanes of at least 4 members (excludes halogenated alkanes) is 1. The minimum Gasteiger partial charge on any atom is -0.409 e. The summed E-state index contributed by atoms with van der Waals surface area (Å²) in [7, 11) is 0. The highest BCUT2D eigenvalue weighted by Gasteiger charge is 2.23. The van der Waals surface area contributed by atoms with Gasteiger partial charge in [-0.3, -0.25) is 4.90 Å². The first kappa shape index (κ1) is 15.8. The van der Waals surface area contributed by atoms with Gasteiger partial charge in [0.2, 0.25) is 0 Å². The molecule has 0 atom stereocenters. The van der Waals surface area contributed by atoms with Crippen molar-refractivity contribution in [1.29, 1.82) is 0 Å². The molecule has 0 unspecified atom stereocenters. The summed E-state index contributed by atoms with van der Waals surface area (Å²) in [5, 5.41) is 11.9. The number of hydrogen-bond acceptors (Lipinski definition) is 3. The smallest absolute Gasteiger partial charge is 0.144 e. The van der Waals surface area contributed by atoms with Gasteiger partial charge in [-0.25, -0.2) is 0 Å². The van der Waals surface area contributed by atoms with E-state index in [2.05, 4.69) is 34.3 Å². The van der Waals surface area contributed by atoms with Crippen LogP contribution in [0.15, 0.2) is 29.4 Å². The molecular formula is C17H27N3O. The second-order valence-corrected chi connectivity index (χ2v) is 6.62. The van der Waals surface area contributed by atoms with E-state index in [4.69, 9.17) is 10.9 Å². The van der Waals surface area contributed by atoms with E-state index in [9.17, 15) is 0 Å². The van der Waals surface area contributed by atoms with Crippen molar-refractivity contribution in [2.45, 2.75) is 46.1 Å². The standard InChI is InChI=1S/C17H27N3O/c1-17(2,16(18)19-21)10-5-6-11-20-12-9-14-7-3-4-8-15(14)13-20/h3-4,7-8,21H,5-6,9-13H2,1-2H3,(H2,18,19). The lowest BCUT2D eigenvalue weighted by Gasteiger charge is -2.29. The maximum absolute atomic E-state index is 8.78. The van der Waals surface area contributed by atoms with Gasteiger partial charge in [-0.1, -0.05) is 49.7 Å². The van der Waals surface area contributed by atoms with Crippen LogP contribution in [0.3, 0.4) is 0 Å². The molecule has 0 amide bonds. The van der Waals surface area contributed by atoms with Gasteiger partial charge in [0.15, 0.2) is 0 Å². The van der Waals surface area contributed by atoms with Gasteiger partial charge in [0, 0.05) is 18.5 Å². The van der Waals surface area contributed by atoms with Crippen LogP contribution in [-0.4, -0.2) is 29.0 Å². The number of amidine groups is 1. The van der Waals surface area contributed by atoms with Crippen molar-refractivity contribution < 1.29 is 5.21 Å². The summed E-state index contributed by atoms with van der Waals surface area (Å²) < 4.78 is 0. The Balaban J connectivity index is 1.73. The van der Waals surface area contributed by atoms with E-state index in [0.717, 1.165) is 45.3 Å². The first-order valence-corrected chi connectivity index (χ1v) is 7.80. The average Bonchev–Trinajstić information content (AvgIpc) is 2.50. The number of benzene rings is 1. The molecule has 0 fully saturated rings. The Morgan fingerprint density at radius 1 is 1.29 bits per heavy atom. The van der Waals surface area contributed by atoms with Crippen LogP contribution in [-0.2, 0) is 13.0 Å². The summed E-state index contributed by atoms with van der Waals surface area (Å²) in [5.41, 5.74) is 8.47. The first-order chi connectivity index (χ1) is 10.0. The number of nitrogens with two attached hydrogens (primary N) is 1. The minimum atomic E-state index is -0.219. The van der Waals surface area contributed by atoms with Gasteiger partial charge in [0.1, 0.15) is 5.84 Å². The van der Waals surface area contributed by atoms with E-state index in [0.29, 0.717) is 5.84 Å². The van der Waals surface area contributed by atoms with Crippen LogP contribution in [0.1, 0.15) is 44.2 Å². The molecule has 0 radical (unpaired) electrons. The van der Waals surface area contributed by atoms with Gasteiger partial charge in [0.05, 0.1) is 0 Å². The predicted molar refractivity (Wildman–Crippen MR) is 86.5 cm³/mol. The Labute approximate surface area is 127 Å². The van der Waals surface area contributed by atoms with Crippen LogP contribution >= 0.6 is 0 Å². The highest BCUT2D eigenvalue weighted by atomic mass is 16.4. The van der Waals surface area contributed by atoms with Crippen molar-refractivity contribution in [2.24, 2.45) is 16.3 Å². The summed E-state index contributed by atoms with van der Waals surface area (Å²) in [4.78, 5) is 2.53. The molecule has 0 spiro atoms. The van der Waals surface area contributed by atoms with Crippen LogP contribution in [0.4, 0.5) is 0 Å². The summed E-state index contributed by atoms with van der Waals surface area (Å²) in [6.07, 6.45) is 4.37. The summed E-state index contributed by atoms with van der Waals surface area (Å²) in [6.45, 7) is 7.40. The van der Waals surface area contributed by atoms with Crippen molar-refractivity contribution >= 4 is 5.84 Å². The monoisotopic (exact) mass is 289 g/mol. The topological polar surface area (TPSA) is 61.8 Å². The second kappa shape index (κ2) is 6.94. The molecular weight excluding hydrogens is 262 g/mol. The fourth-order valence-electron chi connectivity index (χ4n) is 2.91. The van der Waals surface area contributed by atoms with Crippen molar-refractivity contribution in [2.75, 3.05) is 13.1 Å². The van der Waals surface area contributed by atoms with Gasteiger partial charge in [-0.05, 0) is 36.9 Å². The SMILES string of the molecule is CC(C)(CCCCN1CCc2ccccc2C1)/C(N)=N/O. The zero-order valence-corrected chi connectivity index (χ0v) is 13.2. The molecule has 1 heterocycles. The van der Waals surface area contributed by atoms with Crippen LogP contribution in [0.25, 0.3) is 0 Å². The first-order valence-electron chi connectivity index (χ1n) is 7.80. The van der Waals surface area contributed by atoms with Gasteiger partial charge in [-0.15, -0.1) is 0 Å². The molecule has 1 aromatic rings. The van der Waals surface area contributed by atoms with Crippen LogP contribution < -0.4 is 5.73 Å². The molecule has 1 aliphatic rings. The van der Waals surface area contributed by atoms with Gasteiger partial charge in [-0.2, -0.15) is 0 Å². The van der Waals surface area contributed by atoms with Crippen LogP contribution in [0, 0.1) is 5.41 Å². The lowest BCUT2D eigenvalue weighted by atomic mass is 9.86. The third kappa shape index (κ3) is 4.21. The highest BCUT2D eigenvalue weighted by Crippen LogP contribution is 2.24. The third-order valence-corrected chi connectivity index (χ3v) is 4.54. The third-order valence-electron chi connectivity index (χ3n) is 4.54. The summed E-state index contributed by atoms with van der Waals surface area (Å²) >= 11 is 0. The zero-order valence-electron chi connectivity index (χ0n) is 13.2. The molecule has 0 saturated carbocycles. The van der Waals surface area contributed by atoms with Gasteiger partial charge < -0.3 is 10.9 Å². The van der Waals surface area contributed by atoms with Crippen LogP contribution in [0.2, 0.25) is 0 Å². The molecule has 0 bridgehead atoms. The average molecular weight is 289 g/mol. The summed E-state index contributed by atoms with van der Waals surface area (Å²) in [5.74, 6) is 0.328. The lowest BCUT2D eigenvalue weighted by Crippen LogP contribution is -2.33. The molecule has 1 aliphatic heterocycles. The number of rotatable bonds is 6. The van der Waals surface area contributed by atoms with E-state index in [1.165, 1.54) is 11.1 Å². The van der Waals surface area contributed by atoms with Crippen molar-refractivity contribution in [3.63, 3.8) is 0 Å². The maximum atomic E-state index is 8.78. The molecule has 3 N–H and O–H groups in total. The largest absolute Gasteiger partial charge is 0.409 e. The second-order valence-electron chi connectivity index (χ2n) is 6.62. The molecule has 0 aromatic heterocycles. The Bertz CT molecular complexity index is 497. The molecule has 21 heavy (non-hydrogen) atoms. The molecule has 2 rings (SSSR count). The lowest BCUT2D eigenvalue weighted by molar-refractivity contribution is 0.244. The highest BCUT2D eigenvalue weighted by molar-refractivity contribution is 5.85. The molecule has 0 saturated heterocycles. The minimum absolute atomic E-state index is 0.219. The summed E-state index contributed by atoms with van der Waals surface area (Å²) in [6, 6.07) is 8.74. The fourth-order valence-corrected chi connectivity index (χ4v) is 2.91.